The second kappa shape index (κ2) is 10.2. The molecule has 0 aliphatic rings. The fourth-order valence-corrected chi connectivity index (χ4v) is 1.88. The van der Waals surface area contributed by atoms with Crippen LogP contribution < -0.4 is 5.32 Å². The lowest BCUT2D eigenvalue weighted by molar-refractivity contribution is 0.0688. The standard InChI is InChI=1S/C15H24ClNO2/c1-13-5-6-14(11-15(13)16)12-17-7-3-4-8-19-10-9-18-2/h5-6,11,17H,3-4,7-10,12H2,1-2H3. The van der Waals surface area contributed by atoms with Gasteiger partial charge in [-0.3, -0.25) is 0 Å². The van der Waals surface area contributed by atoms with E-state index in [-0.39, 0.29) is 0 Å². The lowest BCUT2D eigenvalue weighted by Gasteiger charge is -2.07. The molecule has 0 amide bonds. The van der Waals surface area contributed by atoms with Crippen molar-refractivity contribution in [3.8, 4) is 0 Å². The molecule has 1 aromatic carbocycles. The second-order valence-corrected chi connectivity index (χ2v) is 4.98. The zero-order chi connectivity index (χ0) is 13.9. The molecule has 0 aliphatic carbocycles. The number of aryl methyl sites for hydroxylation is 1. The molecule has 0 saturated heterocycles. The molecule has 0 bridgehead atoms. The molecule has 0 saturated carbocycles. The summed E-state index contributed by atoms with van der Waals surface area (Å²) in [5.41, 5.74) is 2.35. The highest BCUT2D eigenvalue weighted by Gasteiger charge is 1.97. The summed E-state index contributed by atoms with van der Waals surface area (Å²) in [6.07, 6.45) is 2.19. The van der Waals surface area contributed by atoms with E-state index in [0.29, 0.717) is 13.2 Å². The van der Waals surface area contributed by atoms with Gasteiger partial charge in [0.25, 0.3) is 0 Å². The van der Waals surface area contributed by atoms with Gasteiger partial charge in [-0.15, -0.1) is 0 Å². The van der Waals surface area contributed by atoms with E-state index in [1.165, 1.54) is 5.56 Å². The number of methoxy groups -OCH3 is 1. The molecule has 0 fully saturated rings. The van der Waals surface area contributed by atoms with Crippen molar-refractivity contribution in [3.05, 3.63) is 34.3 Å². The van der Waals surface area contributed by atoms with E-state index in [4.69, 9.17) is 21.1 Å². The van der Waals surface area contributed by atoms with Crippen LogP contribution in [-0.4, -0.2) is 33.5 Å². The minimum absolute atomic E-state index is 0.673. The van der Waals surface area contributed by atoms with Gasteiger partial charge >= 0.3 is 0 Å². The first-order chi connectivity index (χ1) is 9.24. The Hall–Kier alpha value is -0.610. The molecule has 4 heteroatoms. The van der Waals surface area contributed by atoms with Crippen molar-refractivity contribution in [1.82, 2.24) is 5.32 Å². The Balaban J connectivity index is 2.00. The Bertz CT molecular complexity index is 358. The average Bonchev–Trinajstić information content (AvgIpc) is 2.41. The normalized spacial score (nSPS) is 10.9. The van der Waals surface area contributed by atoms with Gasteiger partial charge < -0.3 is 14.8 Å². The van der Waals surface area contributed by atoms with Gasteiger partial charge in [-0.1, -0.05) is 23.7 Å². The maximum Gasteiger partial charge on any atom is 0.0700 e. The van der Waals surface area contributed by atoms with Gasteiger partial charge in [-0.2, -0.15) is 0 Å². The Morgan fingerprint density at radius 2 is 2.00 bits per heavy atom. The number of rotatable bonds is 10. The first-order valence-corrected chi connectivity index (χ1v) is 7.14. The van der Waals surface area contributed by atoms with Crippen molar-refractivity contribution in [2.24, 2.45) is 0 Å². The Kier molecular flexibility index (Phi) is 8.84. The molecular formula is C15H24ClNO2. The van der Waals surface area contributed by atoms with E-state index in [0.717, 1.165) is 43.1 Å². The number of nitrogens with one attached hydrogen (secondary N) is 1. The lowest BCUT2D eigenvalue weighted by atomic mass is 10.1. The van der Waals surface area contributed by atoms with Crippen LogP contribution in [0.5, 0.6) is 0 Å². The molecule has 108 valence electrons. The van der Waals surface area contributed by atoms with Gasteiger partial charge in [0.15, 0.2) is 0 Å². The van der Waals surface area contributed by atoms with E-state index in [1.807, 2.05) is 13.0 Å². The Labute approximate surface area is 121 Å². The summed E-state index contributed by atoms with van der Waals surface area (Å²) < 4.78 is 10.3. The van der Waals surface area contributed by atoms with E-state index in [2.05, 4.69) is 17.4 Å². The van der Waals surface area contributed by atoms with Crippen LogP contribution in [0.25, 0.3) is 0 Å². The first-order valence-electron chi connectivity index (χ1n) is 6.76. The molecule has 1 N–H and O–H groups in total. The topological polar surface area (TPSA) is 30.5 Å². The summed E-state index contributed by atoms with van der Waals surface area (Å²) in [4.78, 5) is 0. The highest BCUT2D eigenvalue weighted by molar-refractivity contribution is 6.31. The third-order valence-electron chi connectivity index (χ3n) is 2.89. The third kappa shape index (κ3) is 7.53. The van der Waals surface area contributed by atoms with Gasteiger partial charge in [-0.25, -0.2) is 0 Å². The minimum atomic E-state index is 0.673. The number of hydrogen-bond acceptors (Lipinski definition) is 3. The molecule has 0 radical (unpaired) electrons. The van der Waals surface area contributed by atoms with Crippen molar-refractivity contribution < 1.29 is 9.47 Å². The van der Waals surface area contributed by atoms with E-state index >= 15 is 0 Å². The summed E-state index contributed by atoms with van der Waals surface area (Å²) in [5.74, 6) is 0. The van der Waals surface area contributed by atoms with E-state index in [1.54, 1.807) is 7.11 Å². The first kappa shape index (κ1) is 16.4. The van der Waals surface area contributed by atoms with Crippen LogP contribution in [0.2, 0.25) is 5.02 Å². The second-order valence-electron chi connectivity index (χ2n) is 4.57. The summed E-state index contributed by atoms with van der Waals surface area (Å²) in [6.45, 7) is 6.05. The van der Waals surface area contributed by atoms with Crippen molar-refractivity contribution in [3.63, 3.8) is 0 Å². The van der Waals surface area contributed by atoms with Crippen LogP contribution in [0.15, 0.2) is 18.2 Å². The summed E-state index contributed by atoms with van der Waals surface area (Å²) in [6, 6.07) is 6.20. The fraction of sp³-hybridized carbons (Fsp3) is 0.600. The maximum absolute atomic E-state index is 6.08. The summed E-state index contributed by atoms with van der Waals surface area (Å²) in [7, 11) is 1.69. The smallest absolute Gasteiger partial charge is 0.0700 e. The van der Waals surface area contributed by atoms with Gasteiger partial charge in [0.1, 0.15) is 0 Å². The maximum atomic E-state index is 6.08. The highest BCUT2D eigenvalue weighted by Crippen LogP contribution is 2.16. The molecule has 1 aromatic rings. The molecule has 0 aromatic heterocycles. The molecule has 0 aliphatic heterocycles. The fourth-order valence-electron chi connectivity index (χ4n) is 1.68. The quantitative estimate of drug-likeness (QED) is 0.670. The lowest BCUT2D eigenvalue weighted by Crippen LogP contribution is -2.15. The van der Waals surface area contributed by atoms with Gasteiger partial charge in [0, 0.05) is 25.3 Å². The molecule has 0 atom stereocenters. The van der Waals surface area contributed by atoms with Crippen LogP contribution in [0.4, 0.5) is 0 Å². The molecule has 0 unspecified atom stereocenters. The SMILES string of the molecule is COCCOCCCCNCc1ccc(C)c(Cl)c1. The molecule has 0 spiro atoms. The summed E-state index contributed by atoms with van der Waals surface area (Å²) >= 11 is 6.08. The number of halogens is 1. The van der Waals surface area contributed by atoms with Gasteiger partial charge in [0.05, 0.1) is 13.2 Å². The van der Waals surface area contributed by atoms with E-state index in [9.17, 15) is 0 Å². The summed E-state index contributed by atoms with van der Waals surface area (Å²) in [5, 5.41) is 4.25. The van der Waals surface area contributed by atoms with Crippen molar-refractivity contribution in [1.29, 1.82) is 0 Å². The Morgan fingerprint density at radius 1 is 1.16 bits per heavy atom. The predicted molar refractivity (Wildman–Crippen MR) is 79.8 cm³/mol. The molecule has 1 rings (SSSR count). The highest BCUT2D eigenvalue weighted by atomic mass is 35.5. The van der Waals surface area contributed by atoms with Crippen LogP contribution >= 0.6 is 11.6 Å². The number of hydrogen-bond donors (Lipinski definition) is 1. The average molecular weight is 286 g/mol. The monoisotopic (exact) mass is 285 g/mol. The minimum Gasteiger partial charge on any atom is -0.382 e. The van der Waals surface area contributed by atoms with Crippen molar-refractivity contribution in [2.75, 3.05) is 33.5 Å². The van der Waals surface area contributed by atoms with Crippen molar-refractivity contribution in [2.45, 2.75) is 26.3 Å². The number of unbranched alkanes of at least 4 members (excludes halogenated alkanes) is 1. The van der Waals surface area contributed by atoms with Gasteiger partial charge in [0.2, 0.25) is 0 Å². The largest absolute Gasteiger partial charge is 0.382 e. The zero-order valence-electron chi connectivity index (χ0n) is 11.9. The molecule has 3 nitrogen and oxygen atoms in total. The van der Waals surface area contributed by atoms with Crippen LogP contribution in [0.1, 0.15) is 24.0 Å². The predicted octanol–water partition coefficient (Wildman–Crippen LogP) is 3.18. The number of benzene rings is 1. The molecule has 0 heterocycles. The van der Waals surface area contributed by atoms with E-state index < -0.39 is 0 Å². The molecular weight excluding hydrogens is 262 g/mol. The Morgan fingerprint density at radius 3 is 2.74 bits per heavy atom. The number of ether oxygens (including phenoxy) is 2. The zero-order valence-corrected chi connectivity index (χ0v) is 12.6. The van der Waals surface area contributed by atoms with Gasteiger partial charge in [-0.05, 0) is 43.5 Å². The van der Waals surface area contributed by atoms with Crippen LogP contribution in [0.3, 0.4) is 0 Å². The van der Waals surface area contributed by atoms with Crippen LogP contribution in [-0.2, 0) is 16.0 Å². The van der Waals surface area contributed by atoms with Crippen molar-refractivity contribution >= 4 is 11.6 Å². The molecule has 19 heavy (non-hydrogen) atoms. The third-order valence-corrected chi connectivity index (χ3v) is 3.30. The van der Waals surface area contributed by atoms with Crippen LogP contribution in [0, 0.1) is 6.92 Å².